The van der Waals surface area contributed by atoms with Gasteiger partial charge in [0, 0.05) is 12.6 Å². The molecule has 6 heteroatoms. The Morgan fingerprint density at radius 3 is 2.76 bits per heavy atom. The third kappa shape index (κ3) is 6.98. The summed E-state index contributed by atoms with van der Waals surface area (Å²) < 4.78 is 21.4. The molecule has 0 radical (unpaired) electrons. The summed E-state index contributed by atoms with van der Waals surface area (Å²) in [6.45, 7) is 5.91. The molecule has 3 N–H and O–H groups in total. The van der Waals surface area contributed by atoms with Gasteiger partial charge in [-0.3, -0.25) is 0 Å². The van der Waals surface area contributed by atoms with Crippen molar-refractivity contribution in [1.29, 1.82) is 0 Å². The molecule has 0 bridgehead atoms. The van der Waals surface area contributed by atoms with Gasteiger partial charge in [-0.15, -0.1) is 0 Å². The number of rotatable bonds is 7. The van der Waals surface area contributed by atoms with Gasteiger partial charge in [0.25, 0.3) is 0 Å². The van der Waals surface area contributed by atoms with Crippen molar-refractivity contribution in [1.82, 2.24) is 10.2 Å². The standard InChI is InChI=1S/C11H25N3O2S/c1-11-5-2-3-8-14(11)9-4-6-13-7-10-17(12,15)16/h11,13H,2-10H2,1H3,(H2,12,15,16). The predicted octanol–water partition coefficient (Wildman–Crippen LogP) is 0.129. The molecule has 0 saturated carbocycles. The topological polar surface area (TPSA) is 75.4 Å². The third-order valence-electron chi connectivity index (χ3n) is 3.30. The number of primary sulfonamides is 1. The zero-order valence-electron chi connectivity index (χ0n) is 10.7. The van der Waals surface area contributed by atoms with Crippen LogP contribution >= 0.6 is 0 Å². The summed E-state index contributed by atoms with van der Waals surface area (Å²) in [6.07, 6.45) is 5.03. The second kappa shape index (κ2) is 7.31. The van der Waals surface area contributed by atoms with Crippen molar-refractivity contribution in [2.24, 2.45) is 5.14 Å². The van der Waals surface area contributed by atoms with E-state index in [0.717, 1.165) is 19.5 Å². The summed E-state index contributed by atoms with van der Waals surface area (Å²) in [5, 5.41) is 8.02. The molecule has 0 spiro atoms. The molecule has 5 nitrogen and oxygen atoms in total. The lowest BCUT2D eigenvalue weighted by Crippen LogP contribution is -2.39. The first kappa shape index (κ1) is 14.9. The first-order valence-electron chi connectivity index (χ1n) is 6.44. The first-order chi connectivity index (χ1) is 7.99. The summed E-state index contributed by atoms with van der Waals surface area (Å²) in [5.41, 5.74) is 0. The van der Waals surface area contributed by atoms with Crippen molar-refractivity contribution in [2.45, 2.75) is 38.6 Å². The zero-order chi connectivity index (χ0) is 12.7. The Labute approximate surface area is 105 Å². The van der Waals surface area contributed by atoms with Crippen LogP contribution in [0.3, 0.4) is 0 Å². The predicted molar refractivity (Wildman–Crippen MR) is 70.3 cm³/mol. The van der Waals surface area contributed by atoms with Gasteiger partial charge in [-0.05, 0) is 45.8 Å². The molecule has 1 rings (SSSR count). The fraction of sp³-hybridized carbons (Fsp3) is 1.00. The molecule has 1 aliphatic heterocycles. The second-order valence-corrected chi connectivity index (χ2v) is 6.59. The average Bonchev–Trinajstić information content (AvgIpc) is 2.24. The summed E-state index contributed by atoms with van der Waals surface area (Å²) in [4.78, 5) is 2.52. The van der Waals surface area contributed by atoms with Crippen LogP contribution in [-0.4, -0.2) is 51.3 Å². The summed E-state index contributed by atoms with van der Waals surface area (Å²) in [6, 6.07) is 0.702. The Hall–Kier alpha value is -0.170. The summed E-state index contributed by atoms with van der Waals surface area (Å²) in [7, 11) is -3.31. The molecule has 0 aromatic carbocycles. The zero-order valence-corrected chi connectivity index (χ0v) is 11.5. The van der Waals surface area contributed by atoms with E-state index in [1.165, 1.54) is 25.8 Å². The molecule has 1 heterocycles. The lowest BCUT2D eigenvalue weighted by atomic mass is 10.0. The lowest BCUT2D eigenvalue weighted by Gasteiger charge is -2.33. The van der Waals surface area contributed by atoms with Gasteiger partial charge in [0.2, 0.25) is 10.0 Å². The number of piperidine rings is 1. The number of hydrogen-bond acceptors (Lipinski definition) is 4. The van der Waals surface area contributed by atoms with Crippen molar-refractivity contribution >= 4 is 10.0 Å². The molecule has 1 unspecified atom stereocenters. The van der Waals surface area contributed by atoms with Crippen molar-refractivity contribution in [3.63, 3.8) is 0 Å². The Bertz CT molecular complexity index is 306. The number of nitrogens with one attached hydrogen (secondary N) is 1. The maximum atomic E-state index is 10.7. The number of likely N-dealkylation sites (tertiary alicyclic amines) is 1. The Morgan fingerprint density at radius 2 is 2.12 bits per heavy atom. The minimum atomic E-state index is -3.31. The van der Waals surface area contributed by atoms with Crippen LogP contribution in [0.15, 0.2) is 0 Å². The molecule has 1 saturated heterocycles. The van der Waals surface area contributed by atoms with E-state index in [0.29, 0.717) is 12.6 Å². The molecular formula is C11H25N3O2S. The summed E-state index contributed by atoms with van der Waals surface area (Å²) >= 11 is 0. The highest BCUT2D eigenvalue weighted by molar-refractivity contribution is 7.89. The van der Waals surface area contributed by atoms with Crippen LogP contribution in [0.2, 0.25) is 0 Å². The summed E-state index contributed by atoms with van der Waals surface area (Å²) in [5.74, 6) is 0.0209. The number of nitrogens with zero attached hydrogens (tertiary/aromatic N) is 1. The van der Waals surface area contributed by atoms with Crippen LogP contribution in [0.4, 0.5) is 0 Å². The van der Waals surface area contributed by atoms with Crippen LogP contribution in [-0.2, 0) is 10.0 Å². The van der Waals surface area contributed by atoms with Crippen molar-refractivity contribution < 1.29 is 8.42 Å². The maximum Gasteiger partial charge on any atom is 0.210 e. The van der Waals surface area contributed by atoms with E-state index < -0.39 is 10.0 Å². The van der Waals surface area contributed by atoms with E-state index >= 15 is 0 Å². The molecule has 0 aromatic rings. The van der Waals surface area contributed by atoms with E-state index in [1.54, 1.807) is 0 Å². The van der Waals surface area contributed by atoms with E-state index in [1.807, 2.05) is 0 Å². The van der Waals surface area contributed by atoms with Gasteiger partial charge in [-0.2, -0.15) is 0 Å². The second-order valence-electron chi connectivity index (χ2n) is 4.85. The normalized spacial score (nSPS) is 22.8. The molecule has 0 aliphatic carbocycles. The van der Waals surface area contributed by atoms with Gasteiger partial charge in [0.1, 0.15) is 0 Å². The van der Waals surface area contributed by atoms with Crippen molar-refractivity contribution in [2.75, 3.05) is 31.9 Å². The van der Waals surface area contributed by atoms with Crippen LogP contribution in [0, 0.1) is 0 Å². The number of sulfonamides is 1. The van der Waals surface area contributed by atoms with Crippen LogP contribution in [0.25, 0.3) is 0 Å². The fourth-order valence-corrected chi connectivity index (χ4v) is 2.67. The highest BCUT2D eigenvalue weighted by Gasteiger charge is 2.16. The van der Waals surface area contributed by atoms with Crippen LogP contribution in [0.1, 0.15) is 32.6 Å². The highest BCUT2D eigenvalue weighted by atomic mass is 32.2. The Morgan fingerprint density at radius 1 is 1.35 bits per heavy atom. The van der Waals surface area contributed by atoms with Gasteiger partial charge >= 0.3 is 0 Å². The van der Waals surface area contributed by atoms with Gasteiger partial charge in [0.15, 0.2) is 0 Å². The Balaban J connectivity index is 2.00. The van der Waals surface area contributed by atoms with Crippen LogP contribution < -0.4 is 10.5 Å². The molecule has 102 valence electrons. The van der Waals surface area contributed by atoms with Gasteiger partial charge in [-0.25, -0.2) is 13.6 Å². The van der Waals surface area contributed by atoms with E-state index in [4.69, 9.17) is 5.14 Å². The fourth-order valence-electron chi connectivity index (χ4n) is 2.24. The highest BCUT2D eigenvalue weighted by Crippen LogP contribution is 2.15. The average molecular weight is 263 g/mol. The SMILES string of the molecule is CC1CCCCN1CCCNCCS(N)(=O)=O. The molecule has 0 amide bonds. The number of nitrogens with two attached hydrogens (primary N) is 1. The minimum absolute atomic E-state index is 0.0209. The third-order valence-corrected chi connectivity index (χ3v) is 4.08. The molecule has 1 aliphatic rings. The molecule has 1 atom stereocenters. The van der Waals surface area contributed by atoms with E-state index in [2.05, 4.69) is 17.1 Å². The largest absolute Gasteiger partial charge is 0.316 e. The van der Waals surface area contributed by atoms with Crippen LogP contribution in [0.5, 0.6) is 0 Å². The molecule has 1 fully saturated rings. The minimum Gasteiger partial charge on any atom is -0.316 e. The van der Waals surface area contributed by atoms with E-state index in [9.17, 15) is 8.42 Å². The van der Waals surface area contributed by atoms with Gasteiger partial charge in [0.05, 0.1) is 5.75 Å². The van der Waals surface area contributed by atoms with Crippen molar-refractivity contribution in [3.8, 4) is 0 Å². The quantitative estimate of drug-likeness (QED) is 0.640. The lowest BCUT2D eigenvalue weighted by molar-refractivity contribution is 0.159. The van der Waals surface area contributed by atoms with Gasteiger partial charge < -0.3 is 10.2 Å². The molecule has 0 aromatic heterocycles. The Kier molecular flexibility index (Phi) is 6.40. The maximum absolute atomic E-state index is 10.7. The molecule has 17 heavy (non-hydrogen) atoms. The van der Waals surface area contributed by atoms with Gasteiger partial charge in [-0.1, -0.05) is 6.42 Å². The smallest absolute Gasteiger partial charge is 0.210 e. The van der Waals surface area contributed by atoms with Crippen molar-refractivity contribution in [3.05, 3.63) is 0 Å². The first-order valence-corrected chi connectivity index (χ1v) is 8.16. The van der Waals surface area contributed by atoms with E-state index in [-0.39, 0.29) is 5.75 Å². The molecular weight excluding hydrogens is 238 g/mol. The number of hydrogen-bond donors (Lipinski definition) is 2. The monoisotopic (exact) mass is 263 g/mol.